The Balaban J connectivity index is 1.57. The molecular formula is C18H27NO2. The van der Waals surface area contributed by atoms with Gasteiger partial charge in [-0.25, -0.2) is 0 Å². The molecule has 3 heteroatoms. The molecular weight excluding hydrogens is 262 g/mol. The summed E-state index contributed by atoms with van der Waals surface area (Å²) in [6.45, 7) is 4.89. The van der Waals surface area contributed by atoms with Crippen molar-refractivity contribution < 1.29 is 9.47 Å². The standard InChI is InChI=1S/C18H27NO2/c1-14-5-3-6-15(10-9-14)11-19(2)12-16-7-4-8-17-18(16)21-13-20-17/h4,7-8,14-15H,3,5-6,9-13H2,1-2H3. The van der Waals surface area contributed by atoms with Crippen LogP contribution >= 0.6 is 0 Å². The second kappa shape index (κ2) is 6.69. The smallest absolute Gasteiger partial charge is 0.231 e. The van der Waals surface area contributed by atoms with E-state index in [4.69, 9.17) is 9.47 Å². The van der Waals surface area contributed by atoms with Crippen molar-refractivity contribution in [3.8, 4) is 11.5 Å². The molecule has 1 aromatic carbocycles. The quantitative estimate of drug-likeness (QED) is 0.780. The average Bonchev–Trinajstić information content (AvgIpc) is 2.85. The van der Waals surface area contributed by atoms with Gasteiger partial charge in [-0.1, -0.05) is 38.3 Å². The highest BCUT2D eigenvalue weighted by Gasteiger charge is 2.20. The van der Waals surface area contributed by atoms with E-state index in [-0.39, 0.29) is 0 Å². The molecule has 0 amide bonds. The Hall–Kier alpha value is -1.22. The molecule has 0 radical (unpaired) electrons. The Kier molecular flexibility index (Phi) is 4.69. The van der Waals surface area contributed by atoms with Crippen molar-refractivity contribution in [1.29, 1.82) is 0 Å². The maximum absolute atomic E-state index is 5.61. The van der Waals surface area contributed by atoms with Crippen LogP contribution in [-0.2, 0) is 6.54 Å². The van der Waals surface area contributed by atoms with Gasteiger partial charge in [0, 0.05) is 18.7 Å². The fourth-order valence-corrected chi connectivity index (χ4v) is 3.66. The number of fused-ring (bicyclic) bond motifs is 1. The molecule has 1 aliphatic heterocycles. The predicted molar refractivity (Wildman–Crippen MR) is 84.6 cm³/mol. The molecule has 2 aliphatic rings. The Morgan fingerprint density at radius 2 is 2.05 bits per heavy atom. The summed E-state index contributed by atoms with van der Waals surface area (Å²) in [5.41, 5.74) is 1.24. The average molecular weight is 289 g/mol. The second-order valence-corrected chi connectivity index (χ2v) is 6.83. The molecule has 1 fully saturated rings. The van der Waals surface area contributed by atoms with E-state index in [1.165, 1.54) is 44.2 Å². The lowest BCUT2D eigenvalue weighted by molar-refractivity contribution is 0.171. The molecule has 0 bridgehead atoms. The van der Waals surface area contributed by atoms with Crippen LogP contribution < -0.4 is 9.47 Å². The molecule has 1 aliphatic carbocycles. The van der Waals surface area contributed by atoms with Gasteiger partial charge in [0.05, 0.1) is 0 Å². The van der Waals surface area contributed by atoms with Gasteiger partial charge in [-0.3, -0.25) is 0 Å². The largest absolute Gasteiger partial charge is 0.454 e. The van der Waals surface area contributed by atoms with E-state index in [0.29, 0.717) is 6.79 Å². The van der Waals surface area contributed by atoms with Crippen LogP contribution in [-0.4, -0.2) is 25.3 Å². The van der Waals surface area contributed by atoms with Gasteiger partial charge in [-0.15, -0.1) is 0 Å². The minimum absolute atomic E-state index is 0.358. The molecule has 0 saturated heterocycles. The van der Waals surface area contributed by atoms with Crippen LogP contribution in [0.25, 0.3) is 0 Å². The van der Waals surface area contributed by atoms with Crippen LogP contribution in [0.5, 0.6) is 11.5 Å². The van der Waals surface area contributed by atoms with Gasteiger partial charge in [-0.05, 0) is 37.8 Å². The molecule has 2 unspecified atom stereocenters. The van der Waals surface area contributed by atoms with E-state index in [0.717, 1.165) is 29.9 Å². The molecule has 1 saturated carbocycles. The highest BCUT2D eigenvalue weighted by Crippen LogP contribution is 2.36. The molecule has 2 atom stereocenters. The van der Waals surface area contributed by atoms with Crippen molar-refractivity contribution in [2.75, 3.05) is 20.4 Å². The van der Waals surface area contributed by atoms with Gasteiger partial charge in [-0.2, -0.15) is 0 Å². The summed E-state index contributed by atoms with van der Waals surface area (Å²) in [6, 6.07) is 6.20. The zero-order valence-electron chi connectivity index (χ0n) is 13.3. The first kappa shape index (κ1) is 14.7. The SMILES string of the molecule is CC1CCCC(CN(C)Cc2cccc3c2OCO3)CC1. The zero-order chi connectivity index (χ0) is 14.7. The summed E-state index contributed by atoms with van der Waals surface area (Å²) in [4.78, 5) is 2.44. The molecule has 0 spiro atoms. The molecule has 0 aromatic heterocycles. The van der Waals surface area contributed by atoms with E-state index in [9.17, 15) is 0 Å². The first-order valence-corrected chi connectivity index (χ1v) is 8.28. The number of para-hydroxylation sites is 1. The third-order valence-electron chi connectivity index (χ3n) is 4.87. The van der Waals surface area contributed by atoms with Crippen molar-refractivity contribution in [3.63, 3.8) is 0 Å². The fraction of sp³-hybridized carbons (Fsp3) is 0.667. The lowest BCUT2D eigenvalue weighted by atomic mass is 9.98. The molecule has 21 heavy (non-hydrogen) atoms. The summed E-state index contributed by atoms with van der Waals surface area (Å²) < 4.78 is 11.1. The Bertz CT molecular complexity index is 474. The van der Waals surface area contributed by atoms with Crippen molar-refractivity contribution >= 4 is 0 Å². The van der Waals surface area contributed by atoms with Crippen molar-refractivity contribution in [2.24, 2.45) is 11.8 Å². The van der Waals surface area contributed by atoms with Gasteiger partial charge in [0.2, 0.25) is 6.79 Å². The van der Waals surface area contributed by atoms with Gasteiger partial charge < -0.3 is 14.4 Å². The summed E-state index contributed by atoms with van der Waals surface area (Å²) >= 11 is 0. The van der Waals surface area contributed by atoms with Gasteiger partial charge in [0.1, 0.15) is 0 Å². The Morgan fingerprint density at radius 3 is 2.95 bits per heavy atom. The maximum atomic E-state index is 5.61. The first-order valence-electron chi connectivity index (χ1n) is 8.28. The number of hydrogen-bond donors (Lipinski definition) is 0. The number of nitrogens with zero attached hydrogens (tertiary/aromatic N) is 1. The third-order valence-corrected chi connectivity index (χ3v) is 4.87. The van der Waals surface area contributed by atoms with Gasteiger partial charge >= 0.3 is 0 Å². The van der Waals surface area contributed by atoms with Crippen LogP contribution in [0.3, 0.4) is 0 Å². The lowest BCUT2D eigenvalue weighted by Crippen LogP contribution is -2.25. The lowest BCUT2D eigenvalue weighted by Gasteiger charge is -2.23. The molecule has 3 nitrogen and oxygen atoms in total. The van der Waals surface area contributed by atoms with Gasteiger partial charge in [0.25, 0.3) is 0 Å². The monoisotopic (exact) mass is 289 g/mol. The van der Waals surface area contributed by atoms with Crippen molar-refractivity contribution in [3.05, 3.63) is 23.8 Å². The summed E-state index contributed by atoms with van der Waals surface area (Å²) in [7, 11) is 2.23. The fourth-order valence-electron chi connectivity index (χ4n) is 3.66. The topological polar surface area (TPSA) is 21.7 Å². The van der Waals surface area contributed by atoms with E-state index in [2.05, 4.69) is 31.0 Å². The van der Waals surface area contributed by atoms with Crippen LogP contribution in [0.4, 0.5) is 0 Å². The summed E-state index contributed by atoms with van der Waals surface area (Å²) in [5.74, 6) is 3.61. The van der Waals surface area contributed by atoms with Crippen LogP contribution in [0.15, 0.2) is 18.2 Å². The van der Waals surface area contributed by atoms with Crippen LogP contribution in [0.2, 0.25) is 0 Å². The van der Waals surface area contributed by atoms with E-state index >= 15 is 0 Å². The Morgan fingerprint density at radius 1 is 1.14 bits per heavy atom. The van der Waals surface area contributed by atoms with E-state index in [1.54, 1.807) is 0 Å². The number of ether oxygens (including phenoxy) is 2. The summed E-state index contributed by atoms with van der Waals surface area (Å²) in [6.07, 6.45) is 6.99. The zero-order valence-corrected chi connectivity index (χ0v) is 13.3. The van der Waals surface area contributed by atoms with E-state index < -0.39 is 0 Å². The van der Waals surface area contributed by atoms with Crippen LogP contribution in [0.1, 0.15) is 44.6 Å². The highest BCUT2D eigenvalue weighted by atomic mass is 16.7. The molecule has 3 rings (SSSR count). The number of benzene rings is 1. The predicted octanol–water partition coefficient (Wildman–Crippen LogP) is 4.06. The highest BCUT2D eigenvalue weighted by molar-refractivity contribution is 5.48. The number of rotatable bonds is 4. The van der Waals surface area contributed by atoms with Crippen molar-refractivity contribution in [1.82, 2.24) is 4.90 Å². The molecule has 0 N–H and O–H groups in total. The van der Waals surface area contributed by atoms with Gasteiger partial charge in [0.15, 0.2) is 11.5 Å². The maximum Gasteiger partial charge on any atom is 0.231 e. The van der Waals surface area contributed by atoms with E-state index in [1.807, 2.05) is 6.07 Å². The molecule has 116 valence electrons. The Labute approximate surface area is 128 Å². The number of hydrogen-bond acceptors (Lipinski definition) is 3. The third kappa shape index (κ3) is 3.70. The van der Waals surface area contributed by atoms with Crippen LogP contribution in [0, 0.1) is 11.8 Å². The second-order valence-electron chi connectivity index (χ2n) is 6.83. The minimum atomic E-state index is 0.358. The molecule has 1 heterocycles. The molecule has 1 aromatic rings. The summed E-state index contributed by atoms with van der Waals surface area (Å²) in [5, 5.41) is 0. The van der Waals surface area contributed by atoms with Crippen molar-refractivity contribution in [2.45, 2.75) is 45.6 Å². The first-order chi connectivity index (χ1) is 10.2. The minimum Gasteiger partial charge on any atom is -0.454 e. The normalized spacial score (nSPS) is 25.1.